The summed E-state index contributed by atoms with van der Waals surface area (Å²) in [4.78, 5) is 0. The number of aliphatic hydroxyl groups excluding tert-OH is 1. The van der Waals surface area contributed by atoms with Gasteiger partial charge in [-0.2, -0.15) is 0 Å². The Bertz CT molecular complexity index is 530. The van der Waals surface area contributed by atoms with Crippen molar-refractivity contribution in [2.24, 2.45) is 0 Å². The van der Waals surface area contributed by atoms with E-state index in [4.69, 9.17) is 4.74 Å². The van der Waals surface area contributed by atoms with Gasteiger partial charge in [0, 0.05) is 12.6 Å². The third-order valence-corrected chi connectivity index (χ3v) is 5.35. The summed E-state index contributed by atoms with van der Waals surface area (Å²) in [5.41, 5.74) is 0.792. The monoisotopic (exact) mass is 299 g/mol. The minimum absolute atomic E-state index is 0.166. The fourth-order valence-electron chi connectivity index (χ4n) is 2.34. The third-order valence-electron chi connectivity index (χ3n) is 3.63. The Morgan fingerprint density at radius 1 is 1.40 bits per heavy atom. The van der Waals surface area contributed by atoms with Gasteiger partial charge in [-0.15, -0.1) is 0 Å². The van der Waals surface area contributed by atoms with Crippen LogP contribution in [-0.4, -0.2) is 44.7 Å². The van der Waals surface area contributed by atoms with Crippen LogP contribution in [0.25, 0.3) is 0 Å². The lowest BCUT2D eigenvalue weighted by Gasteiger charge is -2.24. The maximum absolute atomic E-state index is 11.3. The van der Waals surface area contributed by atoms with Crippen molar-refractivity contribution in [2.75, 3.05) is 25.2 Å². The summed E-state index contributed by atoms with van der Waals surface area (Å²) in [6.45, 7) is 0.415. The van der Waals surface area contributed by atoms with Gasteiger partial charge in [-0.25, -0.2) is 8.42 Å². The minimum atomic E-state index is -2.83. The number of nitrogens with one attached hydrogen (secondary N) is 1. The van der Waals surface area contributed by atoms with Crippen LogP contribution >= 0.6 is 0 Å². The predicted molar refractivity (Wildman–Crippen MR) is 77.6 cm³/mol. The Balaban J connectivity index is 1.84. The van der Waals surface area contributed by atoms with E-state index >= 15 is 0 Å². The number of hydrogen-bond donors (Lipinski definition) is 2. The van der Waals surface area contributed by atoms with E-state index in [1.807, 2.05) is 18.2 Å². The summed E-state index contributed by atoms with van der Waals surface area (Å²) in [6.07, 6.45) is 0.615. The topological polar surface area (TPSA) is 75.6 Å². The largest absolute Gasteiger partial charge is 0.497 e. The fraction of sp³-hybridized carbons (Fsp3) is 0.571. The molecule has 112 valence electrons. The van der Waals surface area contributed by atoms with Crippen molar-refractivity contribution >= 4 is 9.84 Å². The first-order valence-corrected chi connectivity index (χ1v) is 8.58. The van der Waals surface area contributed by atoms with Crippen LogP contribution in [0.1, 0.15) is 24.5 Å². The summed E-state index contributed by atoms with van der Waals surface area (Å²) >= 11 is 0. The molecule has 0 saturated carbocycles. The molecule has 1 aliphatic heterocycles. The van der Waals surface area contributed by atoms with Gasteiger partial charge in [0.15, 0.2) is 0 Å². The molecule has 1 aromatic carbocycles. The van der Waals surface area contributed by atoms with Gasteiger partial charge in [-0.05, 0) is 30.5 Å². The van der Waals surface area contributed by atoms with Crippen LogP contribution in [0.3, 0.4) is 0 Å². The summed E-state index contributed by atoms with van der Waals surface area (Å²) in [5.74, 6) is 1.19. The molecule has 1 aliphatic rings. The molecule has 0 amide bonds. The lowest BCUT2D eigenvalue weighted by atomic mass is 10.1. The molecule has 1 heterocycles. The molecule has 1 unspecified atom stereocenters. The second kappa shape index (κ2) is 6.56. The van der Waals surface area contributed by atoms with Crippen LogP contribution in [0.4, 0.5) is 0 Å². The molecule has 20 heavy (non-hydrogen) atoms. The van der Waals surface area contributed by atoms with Gasteiger partial charge >= 0.3 is 0 Å². The average molecular weight is 299 g/mol. The molecule has 0 radical (unpaired) electrons. The zero-order valence-corrected chi connectivity index (χ0v) is 12.4. The molecule has 0 aromatic heterocycles. The van der Waals surface area contributed by atoms with Gasteiger partial charge < -0.3 is 15.2 Å². The second-order valence-corrected chi connectivity index (χ2v) is 7.43. The Labute approximate surface area is 119 Å². The van der Waals surface area contributed by atoms with Crippen molar-refractivity contribution in [1.82, 2.24) is 5.32 Å². The summed E-state index contributed by atoms with van der Waals surface area (Å²) < 4.78 is 27.8. The van der Waals surface area contributed by atoms with Crippen molar-refractivity contribution in [3.63, 3.8) is 0 Å². The summed E-state index contributed by atoms with van der Waals surface area (Å²) in [7, 11) is -1.24. The number of benzene rings is 1. The normalized spacial score (nSPS) is 20.5. The van der Waals surface area contributed by atoms with Crippen LogP contribution in [0.2, 0.25) is 0 Å². The second-order valence-electron chi connectivity index (χ2n) is 5.13. The quantitative estimate of drug-likeness (QED) is 0.845. The zero-order chi connectivity index (χ0) is 14.6. The van der Waals surface area contributed by atoms with E-state index in [-0.39, 0.29) is 17.5 Å². The molecule has 0 spiro atoms. The highest BCUT2D eigenvalue weighted by atomic mass is 32.2. The minimum Gasteiger partial charge on any atom is -0.497 e. The van der Waals surface area contributed by atoms with Gasteiger partial charge in [0.25, 0.3) is 0 Å². The Morgan fingerprint density at radius 2 is 2.10 bits per heavy atom. The molecule has 5 nitrogen and oxygen atoms in total. The molecule has 0 bridgehead atoms. The lowest BCUT2D eigenvalue weighted by Crippen LogP contribution is -2.39. The molecule has 0 aliphatic carbocycles. The third kappa shape index (κ3) is 4.19. The number of sulfone groups is 1. The van der Waals surface area contributed by atoms with Crippen LogP contribution in [0.15, 0.2) is 24.3 Å². The zero-order valence-electron chi connectivity index (χ0n) is 11.6. The van der Waals surface area contributed by atoms with Crippen molar-refractivity contribution in [3.05, 3.63) is 29.8 Å². The fourth-order valence-corrected chi connectivity index (χ4v) is 3.83. The molecule has 1 saturated heterocycles. The first kappa shape index (κ1) is 15.3. The SMILES string of the molecule is COc1cccc(C(O)CNC2CCS(=O)(=O)CC2)c1. The highest BCUT2D eigenvalue weighted by Crippen LogP contribution is 2.19. The number of ether oxygens (including phenoxy) is 1. The van der Waals surface area contributed by atoms with Gasteiger partial charge in [0.1, 0.15) is 15.6 Å². The number of rotatable bonds is 5. The van der Waals surface area contributed by atoms with Crippen molar-refractivity contribution in [3.8, 4) is 5.75 Å². The van der Waals surface area contributed by atoms with E-state index < -0.39 is 15.9 Å². The summed E-state index contributed by atoms with van der Waals surface area (Å²) in [6, 6.07) is 7.48. The smallest absolute Gasteiger partial charge is 0.150 e. The first-order valence-electron chi connectivity index (χ1n) is 6.76. The van der Waals surface area contributed by atoms with Gasteiger partial charge in [-0.3, -0.25) is 0 Å². The highest BCUT2D eigenvalue weighted by Gasteiger charge is 2.23. The number of aliphatic hydroxyl groups is 1. The predicted octanol–water partition coefficient (Wildman–Crippen LogP) is 0.895. The Morgan fingerprint density at radius 3 is 2.75 bits per heavy atom. The summed E-state index contributed by atoms with van der Waals surface area (Å²) in [5, 5.41) is 13.4. The first-order chi connectivity index (χ1) is 9.50. The van der Waals surface area contributed by atoms with E-state index in [9.17, 15) is 13.5 Å². The van der Waals surface area contributed by atoms with E-state index in [1.165, 1.54) is 0 Å². The maximum atomic E-state index is 11.3. The lowest BCUT2D eigenvalue weighted by molar-refractivity contribution is 0.168. The van der Waals surface area contributed by atoms with E-state index in [2.05, 4.69) is 5.32 Å². The van der Waals surface area contributed by atoms with E-state index in [1.54, 1.807) is 13.2 Å². The molecule has 1 atom stereocenters. The molecular formula is C14H21NO4S. The van der Waals surface area contributed by atoms with E-state index in [0.717, 1.165) is 5.56 Å². The van der Waals surface area contributed by atoms with Crippen molar-refractivity contribution in [1.29, 1.82) is 0 Å². The van der Waals surface area contributed by atoms with Gasteiger partial charge in [0.2, 0.25) is 0 Å². The number of hydrogen-bond acceptors (Lipinski definition) is 5. The molecule has 6 heteroatoms. The Hall–Kier alpha value is -1.11. The van der Waals surface area contributed by atoms with E-state index in [0.29, 0.717) is 25.1 Å². The van der Waals surface area contributed by atoms with Crippen LogP contribution < -0.4 is 10.1 Å². The molecular weight excluding hydrogens is 278 g/mol. The van der Waals surface area contributed by atoms with Crippen LogP contribution in [-0.2, 0) is 9.84 Å². The van der Waals surface area contributed by atoms with Crippen molar-refractivity contribution in [2.45, 2.75) is 25.0 Å². The Kier molecular flexibility index (Phi) is 5.01. The van der Waals surface area contributed by atoms with Gasteiger partial charge in [0.05, 0.1) is 24.7 Å². The molecule has 1 aromatic rings. The standard InChI is InChI=1S/C14H21NO4S/c1-19-13-4-2-3-11(9-13)14(16)10-15-12-5-7-20(17,18)8-6-12/h2-4,9,12,14-16H,5-8,10H2,1H3. The molecule has 1 fully saturated rings. The molecule has 2 rings (SSSR count). The van der Waals surface area contributed by atoms with Crippen molar-refractivity contribution < 1.29 is 18.3 Å². The van der Waals surface area contributed by atoms with Crippen LogP contribution in [0, 0.1) is 0 Å². The average Bonchev–Trinajstić information content (AvgIpc) is 2.46. The number of methoxy groups -OCH3 is 1. The van der Waals surface area contributed by atoms with Crippen LogP contribution in [0.5, 0.6) is 5.75 Å². The molecule has 2 N–H and O–H groups in total. The van der Waals surface area contributed by atoms with Gasteiger partial charge in [-0.1, -0.05) is 12.1 Å². The highest BCUT2D eigenvalue weighted by molar-refractivity contribution is 7.91. The maximum Gasteiger partial charge on any atom is 0.150 e.